The molecule has 7 heteroatoms. The van der Waals surface area contributed by atoms with Crippen molar-refractivity contribution in [3.8, 4) is 0 Å². The molecule has 2 aromatic heterocycles. The van der Waals surface area contributed by atoms with Gasteiger partial charge in [0.1, 0.15) is 5.82 Å². The first-order valence-electron chi connectivity index (χ1n) is 10.0. The van der Waals surface area contributed by atoms with Gasteiger partial charge in [0.05, 0.1) is 18.4 Å². The number of rotatable bonds is 4. The van der Waals surface area contributed by atoms with Gasteiger partial charge in [-0.3, -0.25) is 15.2 Å². The van der Waals surface area contributed by atoms with E-state index in [0.29, 0.717) is 12.4 Å². The van der Waals surface area contributed by atoms with E-state index in [1.807, 2.05) is 29.2 Å². The van der Waals surface area contributed by atoms with Crippen molar-refractivity contribution in [3.63, 3.8) is 0 Å². The number of aromatic nitrogens is 3. The summed E-state index contributed by atoms with van der Waals surface area (Å²) in [5.74, 6) is 0.709. The van der Waals surface area contributed by atoms with E-state index in [-0.39, 0.29) is 6.03 Å². The van der Waals surface area contributed by atoms with E-state index in [1.54, 1.807) is 17.1 Å². The molecule has 1 aliphatic heterocycles. The van der Waals surface area contributed by atoms with Crippen molar-refractivity contribution in [2.24, 2.45) is 0 Å². The van der Waals surface area contributed by atoms with Crippen molar-refractivity contribution >= 4 is 11.8 Å². The Morgan fingerprint density at radius 1 is 1.04 bits per heavy atom. The van der Waals surface area contributed by atoms with Crippen LogP contribution in [0.1, 0.15) is 37.8 Å². The summed E-state index contributed by atoms with van der Waals surface area (Å²) in [4.78, 5) is 21.5. The maximum atomic E-state index is 12.7. The molecule has 1 aliphatic carbocycles. The summed E-state index contributed by atoms with van der Waals surface area (Å²) in [5.41, 5.74) is 0.915. The largest absolute Gasteiger partial charge is 0.323 e. The van der Waals surface area contributed by atoms with Crippen LogP contribution in [0, 0.1) is 0 Å². The molecule has 27 heavy (non-hydrogen) atoms. The van der Waals surface area contributed by atoms with E-state index in [2.05, 4.69) is 20.3 Å². The van der Waals surface area contributed by atoms with Gasteiger partial charge in [-0.1, -0.05) is 25.3 Å². The highest BCUT2D eigenvalue weighted by atomic mass is 16.2. The van der Waals surface area contributed by atoms with Gasteiger partial charge in [0, 0.05) is 44.5 Å². The van der Waals surface area contributed by atoms with E-state index in [9.17, 15) is 4.79 Å². The van der Waals surface area contributed by atoms with Gasteiger partial charge in [0.25, 0.3) is 0 Å². The molecule has 2 fully saturated rings. The molecule has 0 radical (unpaired) electrons. The first kappa shape index (κ1) is 18.0. The zero-order chi connectivity index (χ0) is 18.5. The Kier molecular flexibility index (Phi) is 5.67. The SMILES string of the molecule is O=C(Nc1ccnn1Cc1ccccn1)N1CCN(C2CCCCC2)CC1. The predicted molar refractivity (Wildman–Crippen MR) is 105 cm³/mol. The minimum atomic E-state index is -0.0407. The van der Waals surface area contributed by atoms with Crippen molar-refractivity contribution in [1.82, 2.24) is 24.6 Å². The number of amides is 2. The van der Waals surface area contributed by atoms with E-state index < -0.39 is 0 Å². The fourth-order valence-electron chi connectivity index (χ4n) is 4.13. The maximum absolute atomic E-state index is 12.7. The number of anilines is 1. The van der Waals surface area contributed by atoms with Crippen LogP contribution < -0.4 is 5.32 Å². The van der Waals surface area contributed by atoms with Crippen molar-refractivity contribution in [2.75, 3.05) is 31.5 Å². The van der Waals surface area contributed by atoms with Gasteiger partial charge in [-0.15, -0.1) is 0 Å². The second-order valence-corrected chi connectivity index (χ2v) is 7.44. The molecule has 4 rings (SSSR count). The Morgan fingerprint density at radius 2 is 1.85 bits per heavy atom. The van der Waals surface area contributed by atoms with Crippen molar-refractivity contribution in [2.45, 2.75) is 44.7 Å². The highest BCUT2D eigenvalue weighted by molar-refractivity contribution is 5.88. The number of hydrogen-bond donors (Lipinski definition) is 1. The molecule has 2 amide bonds. The minimum Gasteiger partial charge on any atom is -0.322 e. The lowest BCUT2D eigenvalue weighted by Crippen LogP contribution is -2.53. The second-order valence-electron chi connectivity index (χ2n) is 7.44. The van der Waals surface area contributed by atoms with E-state index in [1.165, 1.54) is 32.1 Å². The molecule has 1 saturated carbocycles. The van der Waals surface area contributed by atoms with Gasteiger partial charge in [-0.2, -0.15) is 5.10 Å². The summed E-state index contributed by atoms with van der Waals surface area (Å²) in [6, 6.07) is 8.32. The molecular formula is C20H28N6O. The lowest BCUT2D eigenvalue weighted by atomic mass is 9.94. The average Bonchev–Trinajstić information content (AvgIpc) is 3.16. The second kappa shape index (κ2) is 8.52. The highest BCUT2D eigenvalue weighted by Crippen LogP contribution is 2.23. The van der Waals surface area contributed by atoms with E-state index >= 15 is 0 Å². The fourth-order valence-corrected chi connectivity index (χ4v) is 4.13. The summed E-state index contributed by atoms with van der Waals surface area (Å²) in [5, 5.41) is 7.33. The van der Waals surface area contributed by atoms with E-state index in [0.717, 1.165) is 37.9 Å². The van der Waals surface area contributed by atoms with Crippen molar-refractivity contribution in [3.05, 3.63) is 42.4 Å². The molecule has 2 aliphatic rings. The van der Waals surface area contributed by atoms with Crippen molar-refractivity contribution in [1.29, 1.82) is 0 Å². The van der Waals surface area contributed by atoms with Crippen LogP contribution in [0.25, 0.3) is 0 Å². The zero-order valence-corrected chi connectivity index (χ0v) is 15.8. The molecular weight excluding hydrogens is 340 g/mol. The Balaban J connectivity index is 1.30. The third-order valence-electron chi connectivity index (χ3n) is 5.68. The number of hydrogen-bond acceptors (Lipinski definition) is 4. The predicted octanol–water partition coefficient (Wildman–Crippen LogP) is 2.81. The normalized spacial score (nSPS) is 19.2. The van der Waals surface area contributed by atoms with Crippen LogP contribution in [0.2, 0.25) is 0 Å². The van der Waals surface area contributed by atoms with Gasteiger partial charge in [0.15, 0.2) is 0 Å². The standard InChI is InChI=1S/C20H28N6O/c27-20(25-14-12-24(13-15-25)18-7-2-1-3-8-18)23-19-9-11-22-26(19)16-17-6-4-5-10-21-17/h4-6,9-11,18H,1-3,7-8,12-16H2,(H,23,27). The lowest BCUT2D eigenvalue weighted by Gasteiger charge is -2.40. The molecule has 1 saturated heterocycles. The van der Waals surface area contributed by atoms with Gasteiger partial charge in [-0.05, 0) is 25.0 Å². The third kappa shape index (κ3) is 4.47. The number of urea groups is 1. The quantitative estimate of drug-likeness (QED) is 0.901. The van der Waals surface area contributed by atoms with Gasteiger partial charge in [-0.25, -0.2) is 9.48 Å². The van der Waals surface area contributed by atoms with Crippen LogP contribution in [0.3, 0.4) is 0 Å². The topological polar surface area (TPSA) is 66.3 Å². The highest BCUT2D eigenvalue weighted by Gasteiger charge is 2.27. The fraction of sp³-hybridized carbons (Fsp3) is 0.550. The Hall–Kier alpha value is -2.41. The molecule has 144 valence electrons. The van der Waals surface area contributed by atoms with Gasteiger partial charge in [0.2, 0.25) is 0 Å². The molecule has 2 aromatic rings. The zero-order valence-electron chi connectivity index (χ0n) is 15.8. The number of carbonyl (C=O) groups excluding carboxylic acids is 1. The van der Waals surface area contributed by atoms with Crippen LogP contribution >= 0.6 is 0 Å². The van der Waals surface area contributed by atoms with Gasteiger partial charge >= 0.3 is 6.03 Å². The molecule has 1 N–H and O–H groups in total. The van der Waals surface area contributed by atoms with Crippen LogP contribution in [-0.4, -0.2) is 62.8 Å². The summed E-state index contributed by atoms with van der Waals surface area (Å²) < 4.78 is 1.78. The summed E-state index contributed by atoms with van der Waals surface area (Å²) in [6.45, 7) is 4.07. The van der Waals surface area contributed by atoms with Crippen LogP contribution in [-0.2, 0) is 6.54 Å². The minimum absolute atomic E-state index is 0.0407. The van der Waals surface area contributed by atoms with Gasteiger partial charge < -0.3 is 4.90 Å². The smallest absolute Gasteiger partial charge is 0.322 e. The van der Waals surface area contributed by atoms with Crippen LogP contribution in [0.5, 0.6) is 0 Å². The molecule has 0 spiro atoms. The Bertz CT molecular complexity index is 732. The summed E-state index contributed by atoms with van der Waals surface area (Å²) in [7, 11) is 0. The molecule has 0 unspecified atom stereocenters. The number of piperazine rings is 1. The number of carbonyl (C=O) groups is 1. The van der Waals surface area contributed by atoms with Crippen molar-refractivity contribution < 1.29 is 4.79 Å². The average molecular weight is 368 g/mol. The summed E-state index contributed by atoms with van der Waals surface area (Å²) in [6.07, 6.45) is 10.2. The third-order valence-corrected chi connectivity index (χ3v) is 5.68. The number of nitrogens with zero attached hydrogens (tertiary/aromatic N) is 5. The Morgan fingerprint density at radius 3 is 2.59 bits per heavy atom. The lowest BCUT2D eigenvalue weighted by molar-refractivity contribution is 0.0942. The molecule has 3 heterocycles. The maximum Gasteiger partial charge on any atom is 0.323 e. The molecule has 7 nitrogen and oxygen atoms in total. The van der Waals surface area contributed by atoms with Crippen LogP contribution in [0.4, 0.5) is 10.6 Å². The summed E-state index contributed by atoms with van der Waals surface area (Å²) >= 11 is 0. The molecule has 0 bridgehead atoms. The van der Waals surface area contributed by atoms with Crippen LogP contribution in [0.15, 0.2) is 36.7 Å². The first-order chi connectivity index (χ1) is 13.3. The molecule has 0 atom stereocenters. The first-order valence-corrected chi connectivity index (χ1v) is 10.0. The number of nitrogens with one attached hydrogen (secondary N) is 1. The number of pyridine rings is 1. The monoisotopic (exact) mass is 368 g/mol. The molecule has 0 aromatic carbocycles. The van der Waals surface area contributed by atoms with E-state index in [4.69, 9.17) is 0 Å². The Labute approximate surface area is 160 Å².